The molecule has 13 heavy (non-hydrogen) atoms. The Morgan fingerprint density at radius 1 is 1.54 bits per heavy atom. The quantitative estimate of drug-likeness (QED) is 0.800. The molecule has 0 fully saturated rings. The Kier molecular flexibility index (Phi) is 3.75. The zero-order chi connectivity index (χ0) is 9.68. The van der Waals surface area contributed by atoms with Crippen LogP contribution in [0.4, 0.5) is 0 Å². The third-order valence-corrected chi connectivity index (χ3v) is 2.07. The highest BCUT2D eigenvalue weighted by Gasteiger charge is 2.05. The molecule has 0 aromatic heterocycles. The van der Waals surface area contributed by atoms with Crippen LogP contribution in [0, 0.1) is 17.2 Å². The van der Waals surface area contributed by atoms with E-state index in [9.17, 15) is 0 Å². The number of nitrogens with two attached hydrogens (primary N) is 1. The minimum atomic E-state index is -0.113. The Morgan fingerprint density at radius 3 is 2.85 bits per heavy atom. The van der Waals surface area contributed by atoms with Crippen molar-refractivity contribution in [3.8, 4) is 6.07 Å². The van der Waals surface area contributed by atoms with Gasteiger partial charge in [-0.3, -0.25) is 0 Å². The van der Waals surface area contributed by atoms with Crippen LogP contribution in [-0.2, 0) is 6.42 Å². The van der Waals surface area contributed by atoms with Gasteiger partial charge in [-0.1, -0.05) is 23.7 Å². The van der Waals surface area contributed by atoms with Crippen LogP contribution in [0.25, 0.3) is 0 Å². The van der Waals surface area contributed by atoms with Crippen LogP contribution >= 0.6 is 11.6 Å². The molecule has 0 bridgehead atoms. The number of halogens is 1. The summed E-state index contributed by atoms with van der Waals surface area (Å²) in [6.07, 6.45) is 0.674. The lowest BCUT2D eigenvalue weighted by molar-refractivity contribution is 0.673. The van der Waals surface area contributed by atoms with E-state index < -0.39 is 0 Å². The first-order valence-corrected chi connectivity index (χ1v) is 4.48. The number of hydrogen-bond acceptors (Lipinski definition) is 2. The van der Waals surface area contributed by atoms with Crippen LogP contribution in [0.3, 0.4) is 0 Å². The van der Waals surface area contributed by atoms with Gasteiger partial charge in [-0.05, 0) is 24.1 Å². The summed E-state index contributed by atoms with van der Waals surface area (Å²) in [5.74, 6) is -0.113. The lowest BCUT2D eigenvalue weighted by atomic mass is 10.0. The lowest BCUT2D eigenvalue weighted by Gasteiger charge is -2.05. The Morgan fingerprint density at radius 2 is 2.31 bits per heavy atom. The second-order valence-electron chi connectivity index (χ2n) is 2.90. The molecule has 0 aliphatic heterocycles. The van der Waals surface area contributed by atoms with E-state index in [-0.39, 0.29) is 5.92 Å². The van der Waals surface area contributed by atoms with Gasteiger partial charge >= 0.3 is 0 Å². The molecular formula is C10H11ClN2. The first kappa shape index (κ1) is 10.0. The van der Waals surface area contributed by atoms with E-state index in [2.05, 4.69) is 6.07 Å². The van der Waals surface area contributed by atoms with Gasteiger partial charge in [0.2, 0.25) is 0 Å². The summed E-state index contributed by atoms with van der Waals surface area (Å²) in [7, 11) is 0. The van der Waals surface area contributed by atoms with Gasteiger partial charge < -0.3 is 5.73 Å². The molecule has 0 radical (unpaired) electrons. The predicted molar refractivity (Wildman–Crippen MR) is 53.3 cm³/mol. The highest BCUT2D eigenvalue weighted by molar-refractivity contribution is 6.30. The van der Waals surface area contributed by atoms with Gasteiger partial charge in [0.05, 0.1) is 12.0 Å². The first-order chi connectivity index (χ1) is 6.26. The fraction of sp³-hybridized carbons (Fsp3) is 0.300. The first-order valence-electron chi connectivity index (χ1n) is 4.10. The Bertz CT molecular complexity index is 317. The van der Waals surface area contributed by atoms with Crippen molar-refractivity contribution in [3.05, 3.63) is 34.9 Å². The minimum Gasteiger partial charge on any atom is -0.329 e. The fourth-order valence-electron chi connectivity index (χ4n) is 1.13. The summed E-state index contributed by atoms with van der Waals surface area (Å²) < 4.78 is 0. The summed E-state index contributed by atoms with van der Waals surface area (Å²) in [6.45, 7) is 0.392. The second-order valence-corrected chi connectivity index (χ2v) is 3.33. The maximum atomic E-state index is 8.69. The van der Waals surface area contributed by atoms with E-state index in [1.54, 1.807) is 0 Å². The zero-order valence-corrected chi connectivity index (χ0v) is 7.96. The molecule has 0 heterocycles. The molecule has 0 saturated heterocycles. The maximum Gasteiger partial charge on any atom is 0.0672 e. The second kappa shape index (κ2) is 4.86. The van der Waals surface area contributed by atoms with Crippen molar-refractivity contribution < 1.29 is 0 Å². The third kappa shape index (κ3) is 3.06. The fourth-order valence-corrected chi connectivity index (χ4v) is 1.34. The van der Waals surface area contributed by atoms with E-state index in [0.717, 1.165) is 5.56 Å². The van der Waals surface area contributed by atoms with Gasteiger partial charge in [-0.15, -0.1) is 0 Å². The molecule has 1 rings (SSSR count). The van der Waals surface area contributed by atoms with Crippen LogP contribution in [0.2, 0.25) is 5.02 Å². The van der Waals surface area contributed by atoms with Crippen LogP contribution in [0.5, 0.6) is 0 Å². The largest absolute Gasteiger partial charge is 0.329 e. The van der Waals surface area contributed by atoms with E-state index in [1.165, 1.54) is 0 Å². The number of nitrogens with zero attached hydrogens (tertiary/aromatic N) is 1. The summed E-state index contributed by atoms with van der Waals surface area (Å²) in [5.41, 5.74) is 6.47. The molecule has 0 amide bonds. The van der Waals surface area contributed by atoms with Crippen molar-refractivity contribution in [1.82, 2.24) is 0 Å². The van der Waals surface area contributed by atoms with Gasteiger partial charge in [0, 0.05) is 11.6 Å². The van der Waals surface area contributed by atoms with E-state index >= 15 is 0 Å². The molecule has 1 unspecified atom stereocenters. The van der Waals surface area contributed by atoms with Crippen molar-refractivity contribution in [2.75, 3.05) is 6.54 Å². The van der Waals surface area contributed by atoms with Crippen molar-refractivity contribution in [2.24, 2.45) is 11.7 Å². The molecular weight excluding hydrogens is 184 g/mol. The van der Waals surface area contributed by atoms with Gasteiger partial charge in [0.15, 0.2) is 0 Å². The number of benzene rings is 1. The lowest BCUT2D eigenvalue weighted by Crippen LogP contribution is -2.14. The average Bonchev–Trinajstić information content (AvgIpc) is 2.14. The van der Waals surface area contributed by atoms with E-state index in [1.807, 2.05) is 24.3 Å². The number of rotatable bonds is 3. The van der Waals surface area contributed by atoms with Crippen molar-refractivity contribution in [1.29, 1.82) is 5.26 Å². The predicted octanol–water partition coefficient (Wildman–Crippen LogP) is 1.98. The normalized spacial score (nSPS) is 12.1. The topological polar surface area (TPSA) is 49.8 Å². The Balaban J connectivity index is 2.69. The molecule has 0 aliphatic carbocycles. The van der Waals surface area contributed by atoms with Gasteiger partial charge in [0.25, 0.3) is 0 Å². The van der Waals surface area contributed by atoms with Gasteiger partial charge in [-0.2, -0.15) is 5.26 Å². The summed E-state index contributed by atoms with van der Waals surface area (Å²) in [4.78, 5) is 0. The molecule has 1 atom stereocenters. The molecule has 2 N–H and O–H groups in total. The van der Waals surface area contributed by atoms with Crippen molar-refractivity contribution >= 4 is 11.6 Å². The Hall–Kier alpha value is -1.04. The molecule has 1 aromatic rings. The third-order valence-electron chi connectivity index (χ3n) is 1.84. The molecule has 68 valence electrons. The van der Waals surface area contributed by atoms with E-state index in [4.69, 9.17) is 22.6 Å². The van der Waals surface area contributed by atoms with Crippen molar-refractivity contribution in [2.45, 2.75) is 6.42 Å². The molecule has 2 nitrogen and oxygen atoms in total. The highest BCUT2D eigenvalue weighted by Crippen LogP contribution is 2.13. The summed E-state index contributed by atoms with van der Waals surface area (Å²) >= 11 is 5.80. The smallest absolute Gasteiger partial charge is 0.0672 e. The average molecular weight is 195 g/mol. The van der Waals surface area contributed by atoms with Gasteiger partial charge in [0.1, 0.15) is 0 Å². The Labute approximate surface area is 82.9 Å². The number of hydrogen-bond donors (Lipinski definition) is 1. The SMILES string of the molecule is N#CC(CN)Cc1cccc(Cl)c1. The molecule has 0 spiro atoms. The standard InChI is InChI=1S/C10H11ClN2/c11-10-3-1-2-8(5-10)4-9(6-12)7-13/h1-3,5,9H,4,6,12H2. The van der Waals surface area contributed by atoms with Crippen LogP contribution < -0.4 is 5.73 Å². The summed E-state index contributed by atoms with van der Waals surface area (Å²) in [6, 6.07) is 9.66. The molecule has 3 heteroatoms. The zero-order valence-electron chi connectivity index (χ0n) is 7.20. The highest BCUT2D eigenvalue weighted by atomic mass is 35.5. The monoisotopic (exact) mass is 194 g/mol. The van der Waals surface area contributed by atoms with Gasteiger partial charge in [-0.25, -0.2) is 0 Å². The summed E-state index contributed by atoms with van der Waals surface area (Å²) in [5, 5.41) is 9.39. The van der Waals surface area contributed by atoms with Crippen LogP contribution in [-0.4, -0.2) is 6.54 Å². The van der Waals surface area contributed by atoms with E-state index in [0.29, 0.717) is 18.0 Å². The minimum absolute atomic E-state index is 0.113. The van der Waals surface area contributed by atoms with Crippen LogP contribution in [0.1, 0.15) is 5.56 Å². The van der Waals surface area contributed by atoms with Crippen molar-refractivity contribution in [3.63, 3.8) is 0 Å². The molecule has 0 aliphatic rings. The van der Waals surface area contributed by atoms with Crippen LogP contribution in [0.15, 0.2) is 24.3 Å². The molecule has 1 aromatic carbocycles. The number of nitriles is 1. The maximum absolute atomic E-state index is 8.69. The molecule has 0 saturated carbocycles.